The zero-order valence-corrected chi connectivity index (χ0v) is 22.9. The van der Waals surface area contributed by atoms with E-state index in [1.165, 1.54) is 7.11 Å². The fourth-order valence-electron chi connectivity index (χ4n) is 5.89. The molecule has 42 heavy (non-hydrogen) atoms. The largest absolute Gasteiger partial charge is 0.465 e. The van der Waals surface area contributed by atoms with Crippen LogP contribution in [0.4, 0.5) is 0 Å². The molecule has 7 rings (SSSR count). The fourth-order valence-corrected chi connectivity index (χ4v) is 5.89. The molecular weight excluding hydrogens is 520 g/mol. The van der Waals surface area contributed by atoms with Crippen molar-refractivity contribution < 1.29 is 19.1 Å². The molecule has 0 heterocycles. The van der Waals surface area contributed by atoms with Crippen LogP contribution in [0.1, 0.15) is 37.9 Å². The van der Waals surface area contributed by atoms with Crippen molar-refractivity contribution in [3.05, 3.63) is 156 Å². The monoisotopic (exact) mass is 546 g/mol. The highest BCUT2D eigenvalue weighted by Crippen LogP contribution is 2.36. The third kappa shape index (κ3) is 4.34. The molecule has 0 unspecified atom stereocenters. The van der Waals surface area contributed by atoms with Gasteiger partial charge in [0.05, 0.1) is 18.2 Å². The van der Waals surface area contributed by atoms with Crippen LogP contribution in [0.5, 0.6) is 0 Å². The molecule has 0 aliphatic heterocycles. The number of benzene rings is 7. The SMILES string of the molecule is COC(=O)c1cccc2c1ccc1c2ccc2c3cc(C(=O)OC(c4ccccc4)c4ccccc4)ccc3ccc21. The van der Waals surface area contributed by atoms with E-state index < -0.39 is 6.10 Å². The molecule has 0 aromatic heterocycles. The van der Waals surface area contributed by atoms with Crippen LogP contribution in [0.15, 0.2) is 133 Å². The van der Waals surface area contributed by atoms with E-state index in [0.717, 1.165) is 54.2 Å². The zero-order chi connectivity index (χ0) is 28.6. The van der Waals surface area contributed by atoms with Crippen LogP contribution in [0.25, 0.3) is 43.1 Å². The number of fused-ring (bicyclic) bond motifs is 7. The second-order valence-corrected chi connectivity index (χ2v) is 10.3. The lowest BCUT2D eigenvalue weighted by atomic mass is 9.92. The van der Waals surface area contributed by atoms with Gasteiger partial charge in [0, 0.05) is 0 Å². The number of carbonyl (C=O) groups is 2. The van der Waals surface area contributed by atoms with E-state index in [0.29, 0.717) is 11.1 Å². The van der Waals surface area contributed by atoms with Gasteiger partial charge in [-0.05, 0) is 72.4 Å². The highest BCUT2D eigenvalue weighted by atomic mass is 16.5. The lowest BCUT2D eigenvalue weighted by molar-refractivity contribution is 0.0378. The van der Waals surface area contributed by atoms with Crippen LogP contribution in [0.3, 0.4) is 0 Å². The Morgan fingerprint density at radius 3 is 1.64 bits per heavy atom. The van der Waals surface area contributed by atoms with E-state index in [4.69, 9.17) is 9.47 Å². The van der Waals surface area contributed by atoms with Crippen LogP contribution < -0.4 is 0 Å². The van der Waals surface area contributed by atoms with Crippen molar-refractivity contribution in [3.8, 4) is 0 Å². The van der Waals surface area contributed by atoms with Gasteiger partial charge in [-0.15, -0.1) is 0 Å². The molecule has 0 amide bonds. The smallest absolute Gasteiger partial charge is 0.339 e. The lowest BCUT2D eigenvalue weighted by Gasteiger charge is -2.19. The first-order valence-electron chi connectivity index (χ1n) is 13.8. The number of esters is 2. The third-order valence-electron chi connectivity index (χ3n) is 7.94. The molecule has 0 saturated heterocycles. The highest BCUT2D eigenvalue weighted by Gasteiger charge is 2.21. The zero-order valence-electron chi connectivity index (χ0n) is 22.9. The summed E-state index contributed by atoms with van der Waals surface area (Å²) >= 11 is 0. The summed E-state index contributed by atoms with van der Waals surface area (Å²) in [5.74, 6) is -0.735. The maximum absolute atomic E-state index is 13.6. The van der Waals surface area contributed by atoms with Gasteiger partial charge in [0.2, 0.25) is 0 Å². The van der Waals surface area contributed by atoms with Crippen molar-refractivity contribution in [2.24, 2.45) is 0 Å². The van der Waals surface area contributed by atoms with Gasteiger partial charge < -0.3 is 9.47 Å². The average Bonchev–Trinajstić information content (AvgIpc) is 3.06. The summed E-state index contributed by atoms with van der Waals surface area (Å²) in [5.41, 5.74) is 2.87. The number of ether oxygens (including phenoxy) is 2. The maximum Gasteiger partial charge on any atom is 0.339 e. The van der Waals surface area contributed by atoms with Crippen molar-refractivity contribution in [2.75, 3.05) is 7.11 Å². The average molecular weight is 547 g/mol. The Balaban J connectivity index is 1.33. The first-order valence-corrected chi connectivity index (χ1v) is 13.8. The number of methoxy groups -OCH3 is 1. The predicted octanol–water partition coefficient (Wildman–Crippen LogP) is 9.03. The van der Waals surface area contributed by atoms with Gasteiger partial charge in [0.25, 0.3) is 0 Å². The first-order chi connectivity index (χ1) is 20.6. The minimum Gasteiger partial charge on any atom is -0.465 e. The van der Waals surface area contributed by atoms with Crippen molar-refractivity contribution in [1.29, 1.82) is 0 Å². The maximum atomic E-state index is 13.6. The standard InChI is InChI=1S/C38H26O4/c1-41-38(40)34-14-8-13-28-30-20-22-33-29(31(30)19-21-32(28)34)18-17-24-15-16-27(23-35(24)33)37(39)42-36(25-9-4-2-5-10-25)26-11-6-3-7-12-26/h2-23,36H,1H3. The summed E-state index contributed by atoms with van der Waals surface area (Å²) in [6, 6.07) is 43.4. The van der Waals surface area contributed by atoms with Crippen LogP contribution >= 0.6 is 0 Å². The minimum absolute atomic E-state index is 0.354. The van der Waals surface area contributed by atoms with Crippen LogP contribution in [0.2, 0.25) is 0 Å². The van der Waals surface area contributed by atoms with Gasteiger partial charge in [0.1, 0.15) is 0 Å². The fraction of sp³-hybridized carbons (Fsp3) is 0.0526. The molecule has 0 spiro atoms. The molecule has 0 radical (unpaired) electrons. The minimum atomic E-state index is -0.518. The van der Waals surface area contributed by atoms with Crippen molar-refractivity contribution in [2.45, 2.75) is 6.10 Å². The molecule has 0 fully saturated rings. The molecule has 0 atom stereocenters. The van der Waals surface area contributed by atoms with Gasteiger partial charge >= 0.3 is 11.9 Å². The van der Waals surface area contributed by atoms with Gasteiger partial charge in [-0.25, -0.2) is 9.59 Å². The predicted molar refractivity (Wildman–Crippen MR) is 168 cm³/mol. The van der Waals surface area contributed by atoms with E-state index in [1.54, 1.807) is 6.07 Å². The molecule has 0 aliphatic rings. The Kier molecular flexibility index (Phi) is 6.37. The Hall–Kier alpha value is -5.48. The number of carbonyl (C=O) groups excluding carboxylic acids is 2. The number of hydrogen-bond acceptors (Lipinski definition) is 4. The quantitative estimate of drug-likeness (QED) is 0.160. The molecule has 0 bridgehead atoms. The van der Waals surface area contributed by atoms with E-state index in [9.17, 15) is 9.59 Å². The van der Waals surface area contributed by atoms with E-state index in [1.807, 2.05) is 97.1 Å². The Morgan fingerprint density at radius 1 is 0.500 bits per heavy atom. The summed E-state index contributed by atoms with van der Waals surface area (Å²) in [7, 11) is 1.40. The molecule has 4 nitrogen and oxygen atoms in total. The number of rotatable bonds is 5. The van der Waals surface area contributed by atoms with Crippen LogP contribution in [-0.4, -0.2) is 19.0 Å². The summed E-state index contributed by atoms with van der Waals surface area (Å²) in [6.45, 7) is 0. The van der Waals surface area contributed by atoms with Crippen molar-refractivity contribution in [3.63, 3.8) is 0 Å². The molecule has 0 N–H and O–H groups in total. The van der Waals surface area contributed by atoms with E-state index >= 15 is 0 Å². The molecule has 7 aromatic carbocycles. The second-order valence-electron chi connectivity index (χ2n) is 10.3. The summed E-state index contributed by atoms with van der Waals surface area (Å²) in [4.78, 5) is 26.0. The van der Waals surface area contributed by atoms with Gasteiger partial charge in [-0.3, -0.25) is 0 Å². The molecule has 202 valence electrons. The van der Waals surface area contributed by atoms with Gasteiger partial charge in [-0.1, -0.05) is 115 Å². The van der Waals surface area contributed by atoms with Gasteiger partial charge in [-0.2, -0.15) is 0 Å². The van der Waals surface area contributed by atoms with E-state index in [2.05, 4.69) is 30.3 Å². The molecule has 4 heteroatoms. The topological polar surface area (TPSA) is 52.6 Å². The first kappa shape index (κ1) is 25.5. The summed E-state index contributed by atoms with van der Waals surface area (Å²) in [6.07, 6.45) is -0.518. The molecule has 0 aliphatic carbocycles. The molecule has 0 saturated carbocycles. The van der Waals surface area contributed by atoms with E-state index in [-0.39, 0.29) is 11.9 Å². The van der Waals surface area contributed by atoms with Crippen molar-refractivity contribution >= 4 is 55.0 Å². The lowest BCUT2D eigenvalue weighted by Crippen LogP contribution is -2.13. The second kappa shape index (κ2) is 10.5. The third-order valence-corrected chi connectivity index (χ3v) is 7.94. The Labute approximate surface area is 242 Å². The Bertz CT molecular complexity index is 2090. The van der Waals surface area contributed by atoms with Gasteiger partial charge in [0.15, 0.2) is 6.10 Å². The number of hydrogen-bond donors (Lipinski definition) is 0. The normalized spacial score (nSPS) is 11.4. The summed E-state index contributed by atoms with van der Waals surface area (Å²) in [5, 5.41) is 8.09. The molecule has 7 aromatic rings. The Morgan fingerprint density at radius 2 is 1.02 bits per heavy atom. The van der Waals surface area contributed by atoms with Crippen LogP contribution in [-0.2, 0) is 9.47 Å². The highest BCUT2D eigenvalue weighted by molar-refractivity contribution is 6.24. The van der Waals surface area contributed by atoms with Crippen molar-refractivity contribution in [1.82, 2.24) is 0 Å². The molecular formula is C38H26O4. The summed E-state index contributed by atoms with van der Waals surface area (Å²) < 4.78 is 11.2. The van der Waals surface area contributed by atoms with Crippen LogP contribution in [0, 0.1) is 0 Å².